The van der Waals surface area contributed by atoms with Crippen LogP contribution in [0.4, 0.5) is 39.0 Å². The third kappa shape index (κ3) is 4.02. The molecule has 0 aliphatic carbocycles. The Morgan fingerprint density at radius 2 is 1.52 bits per heavy atom. The number of carbonyl (C=O) groups is 1. The molecular formula is C18H10F5N3O. The minimum absolute atomic E-state index is 0.00529. The molecule has 3 aromatic rings. The lowest BCUT2D eigenvalue weighted by molar-refractivity contribution is 0.102. The van der Waals surface area contributed by atoms with E-state index in [0.29, 0.717) is 0 Å². The Hall–Kier alpha value is -3.49. The van der Waals surface area contributed by atoms with Gasteiger partial charge in [0.15, 0.2) is 29.1 Å². The summed E-state index contributed by atoms with van der Waals surface area (Å²) in [5, 5.41) is 4.83. The Balaban J connectivity index is 1.80. The SMILES string of the molecule is O=C(Nc1ccc(F)c(F)c1)c1cc(Nc2ccc(F)c(F)c2F)ccn1. The van der Waals surface area contributed by atoms with Crippen LogP contribution in [0.25, 0.3) is 0 Å². The maximum Gasteiger partial charge on any atom is 0.274 e. The standard InChI is InChI=1S/C18H10F5N3O/c19-11-2-1-9(7-13(11)21)26-18(27)15-8-10(5-6-24-15)25-14-4-3-12(20)16(22)17(14)23/h1-8H,(H,24,25)(H,26,27). The second-order valence-corrected chi connectivity index (χ2v) is 5.36. The molecule has 0 radical (unpaired) electrons. The average molecular weight is 379 g/mol. The number of halogens is 5. The summed E-state index contributed by atoms with van der Waals surface area (Å²) in [6, 6.07) is 7.14. The molecule has 0 bridgehead atoms. The maximum atomic E-state index is 13.7. The van der Waals surface area contributed by atoms with Crippen molar-refractivity contribution in [2.24, 2.45) is 0 Å². The van der Waals surface area contributed by atoms with Crippen LogP contribution >= 0.6 is 0 Å². The van der Waals surface area contributed by atoms with Gasteiger partial charge in [0.1, 0.15) is 5.69 Å². The zero-order chi connectivity index (χ0) is 19.6. The molecule has 0 fully saturated rings. The Kier molecular flexibility index (Phi) is 5.02. The van der Waals surface area contributed by atoms with Gasteiger partial charge in [-0.15, -0.1) is 0 Å². The number of benzene rings is 2. The largest absolute Gasteiger partial charge is 0.353 e. The normalized spacial score (nSPS) is 10.6. The van der Waals surface area contributed by atoms with E-state index in [1.165, 1.54) is 18.3 Å². The molecule has 0 aliphatic heterocycles. The van der Waals surface area contributed by atoms with Gasteiger partial charge in [0.25, 0.3) is 5.91 Å². The minimum Gasteiger partial charge on any atom is -0.353 e. The van der Waals surface area contributed by atoms with E-state index in [9.17, 15) is 26.7 Å². The Morgan fingerprint density at radius 1 is 0.778 bits per heavy atom. The fraction of sp³-hybridized carbons (Fsp3) is 0. The highest BCUT2D eigenvalue weighted by molar-refractivity contribution is 6.03. The number of carbonyl (C=O) groups excluding carboxylic acids is 1. The summed E-state index contributed by atoms with van der Waals surface area (Å²) in [7, 11) is 0. The number of pyridine rings is 1. The van der Waals surface area contributed by atoms with Crippen LogP contribution in [0.1, 0.15) is 10.5 Å². The zero-order valence-corrected chi connectivity index (χ0v) is 13.4. The summed E-state index contributed by atoms with van der Waals surface area (Å²) in [5.41, 5.74) is -0.296. The predicted molar refractivity (Wildman–Crippen MR) is 88.1 cm³/mol. The zero-order valence-electron chi connectivity index (χ0n) is 13.4. The molecular weight excluding hydrogens is 369 g/mol. The second kappa shape index (κ2) is 7.40. The van der Waals surface area contributed by atoms with Gasteiger partial charge in [-0.05, 0) is 36.4 Å². The van der Waals surface area contributed by atoms with E-state index in [2.05, 4.69) is 15.6 Å². The molecule has 0 atom stereocenters. The molecule has 3 rings (SSSR count). The number of hydrogen-bond acceptors (Lipinski definition) is 3. The van der Waals surface area contributed by atoms with Gasteiger partial charge < -0.3 is 10.6 Å². The highest BCUT2D eigenvalue weighted by Gasteiger charge is 2.15. The van der Waals surface area contributed by atoms with Crippen LogP contribution in [0.15, 0.2) is 48.7 Å². The molecule has 27 heavy (non-hydrogen) atoms. The fourth-order valence-corrected chi connectivity index (χ4v) is 2.18. The summed E-state index contributed by atoms with van der Waals surface area (Å²) in [6.07, 6.45) is 1.22. The average Bonchev–Trinajstić information content (AvgIpc) is 2.65. The van der Waals surface area contributed by atoms with Gasteiger partial charge in [-0.3, -0.25) is 9.78 Å². The fourth-order valence-electron chi connectivity index (χ4n) is 2.18. The molecule has 1 aromatic heterocycles. The van der Waals surface area contributed by atoms with E-state index in [1.807, 2.05) is 0 Å². The van der Waals surface area contributed by atoms with E-state index in [4.69, 9.17) is 0 Å². The summed E-state index contributed by atoms with van der Waals surface area (Å²) in [5.74, 6) is -7.32. The molecule has 1 amide bonds. The van der Waals surface area contributed by atoms with Crippen molar-refractivity contribution in [2.45, 2.75) is 0 Å². The summed E-state index contributed by atoms with van der Waals surface area (Å²) in [6.45, 7) is 0. The molecule has 0 saturated carbocycles. The third-order valence-corrected chi connectivity index (χ3v) is 3.48. The summed E-state index contributed by atoms with van der Waals surface area (Å²) in [4.78, 5) is 16.0. The van der Waals surface area contributed by atoms with Gasteiger partial charge in [-0.25, -0.2) is 22.0 Å². The first-order valence-electron chi connectivity index (χ1n) is 7.48. The number of amides is 1. The predicted octanol–water partition coefficient (Wildman–Crippen LogP) is 4.77. The van der Waals surface area contributed by atoms with E-state index >= 15 is 0 Å². The van der Waals surface area contributed by atoms with Gasteiger partial charge in [0, 0.05) is 23.6 Å². The summed E-state index contributed by atoms with van der Waals surface area (Å²) >= 11 is 0. The molecule has 4 nitrogen and oxygen atoms in total. The lowest BCUT2D eigenvalue weighted by Gasteiger charge is -2.10. The molecule has 9 heteroatoms. The number of nitrogens with zero attached hydrogens (tertiary/aromatic N) is 1. The first-order chi connectivity index (χ1) is 12.8. The summed E-state index contributed by atoms with van der Waals surface area (Å²) < 4.78 is 66.1. The highest BCUT2D eigenvalue weighted by atomic mass is 19.2. The Morgan fingerprint density at radius 3 is 2.26 bits per heavy atom. The van der Waals surface area contributed by atoms with Gasteiger partial charge in [-0.2, -0.15) is 0 Å². The van der Waals surface area contributed by atoms with Crippen LogP contribution in [-0.4, -0.2) is 10.9 Å². The number of aromatic nitrogens is 1. The molecule has 0 unspecified atom stereocenters. The van der Waals surface area contributed by atoms with Crippen molar-refractivity contribution < 1.29 is 26.7 Å². The molecule has 1 heterocycles. The first-order valence-corrected chi connectivity index (χ1v) is 7.48. The molecule has 0 spiro atoms. The number of anilines is 3. The van der Waals surface area contributed by atoms with Crippen molar-refractivity contribution in [1.82, 2.24) is 4.98 Å². The van der Waals surface area contributed by atoms with Crippen LogP contribution in [0, 0.1) is 29.1 Å². The number of rotatable bonds is 4. The second-order valence-electron chi connectivity index (χ2n) is 5.36. The van der Waals surface area contributed by atoms with E-state index in [1.54, 1.807) is 0 Å². The van der Waals surface area contributed by atoms with Gasteiger partial charge >= 0.3 is 0 Å². The molecule has 0 aliphatic rings. The van der Waals surface area contributed by atoms with Crippen LogP contribution in [0.5, 0.6) is 0 Å². The number of hydrogen-bond donors (Lipinski definition) is 2. The van der Waals surface area contributed by atoms with Crippen LogP contribution in [-0.2, 0) is 0 Å². The van der Waals surface area contributed by atoms with E-state index in [0.717, 1.165) is 30.3 Å². The molecule has 0 saturated heterocycles. The van der Waals surface area contributed by atoms with E-state index < -0.39 is 35.0 Å². The van der Waals surface area contributed by atoms with Gasteiger partial charge in [0.2, 0.25) is 0 Å². The van der Waals surface area contributed by atoms with Crippen LogP contribution in [0.2, 0.25) is 0 Å². The topological polar surface area (TPSA) is 54.0 Å². The highest BCUT2D eigenvalue weighted by Crippen LogP contribution is 2.24. The van der Waals surface area contributed by atoms with Crippen molar-refractivity contribution in [3.05, 3.63) is 83.4 Å². The minimum atomic E-state index is -1.63. The van der Waals surface area contributed by atoms with Crippen molar-refractivity contribution in [3.8, 4) is 0 Å². The number of nitrogens with one attached hydrogen (secondary N) is 2. The molecule has 138 valence electrons. The lowest BCUT2D eigenvalue weighted by Crippen LogP contribution is -2.14. The molecule has 2 N–H and O–H groups in total. The van der Waals surface area contributed by atoms with Crippen molar-refractivity contribution in [3.63, 3.8) is 0 Å². The lowest BCUT2D eigenvalue weighted by atomic mass is 10.2. The van der Waals surface area contributed by atoms with Crippen molar-refractivity contribution in [2.75, 3.05) is 10.6 Å². The van der Waals surface area contributed by atoms with E-state index in [-0.39, 0.29) is 22.8 Å². The molecule has 2 aromatic carbocycles. The Labute approximate surface area is 149 Å². The maximum absolute atomic E-state index is 13.7. The smallest absolute Gasteiger partial charge is 0.274 e. The van der Waals surface area contributed by atoms with Crippen LogP contribution in [0.3, 0.4) is 0 Å². The van der Waals surface area contributed by atoms with Crippen LogP contribution < -0.4 is 10.6 Å². The quantitative estimate of drug-likeness (QED) is 0.507. The van der Waals surface area contributed by atoms with Crippen molar-refractivity contribution in [1.29, 1.82) is 0 Å². The first kappa shape index (κ1) is 18.3. The van der Waals surface area contributed by atoms with Gasteiger partial charge in [-0.1, -0.05) is 0 Å². The van der Waals surface area contributed by atoms with Gasteiger partial charge in [0.05, 0.1) is 5.69 Å². The Bertz CT molecular complexity index is 1030. The van der Waals surface area contributed by atoms with Crippen molar-refractivity contribution >= 4 is 23.0 Å². The monoisotopic (exact) mass is 379 g/mol. The third-order valence-electron chi connectivity index (χ3n) is 3.48.